The molecule has 0 amide bonds. The van der Waals surface area contributed by atoms with Crippen molar-refractivity contribution in [2.45, 2.75) is 50.4 Å². The molecule has 3 atom stereocenters. The second-order valence-electron chi connectivity index (χ2n) is 6.09. The van der Waals surface area contributed by atoms with Crippen molar-refractivity contribution in [1.82, 2.24) is 14.9 Å². The number of piperidine rings is 1. The molecule has 0 saturated carbocycles. The molecular weight excluding hydrogens is 250 g/mol. The van der Waals surface area contributed by atoms with Crippen LogP contribution in [0.25, 0.3) is 11.0 Å². The lowest BCUT2D eigenvalue weighted by Gasteiger charge is -2.37. The molecule has 1 aromatic heterocycles. The first-order valence-electron chi connectivity index (χ1n) is 7.55. The SMILES string of the molecule is COC1C[C@H]2CC[C@@H](C1)N2Cc1nc2ccccc2[nH]1. The minimum Gasteiger partial charge on any atom is -0.381 e. The van der Waals surface area contributed by atoms with Crippen molar-refractivity contribution in [2.24, 2.45) is 0 Å². The first-order chi connectivity index (χ1) is 9.83. The van der Waals surface area contributed by atoms with Crippen LogP contribution in [0.3, 0.4) is 0 Å². The van der Waals surface area contributed by atoms with Gasteiger partial charge < -0.3 is 9.72 Å². The summed E-state index contributed by atoms with van der Waals surface area (Å²) in [5.41, 5.74) is 2.21. The highest BCUT2D eigenvalue weighted by Crippen LogP contribution is 2.37. The lowest BCUT2D eigenvalue weighted by atomic mass is 10.00. The Morgan fingerprint density at radius 3 is 2.70 bits per heavy atom. The molecule has 4 nitrogen and oxygen atoms in total. The third kappa shape index (κ3) is 2.03. The molecule has 0 radical (unpaired) electrons. The maximum Gasteiger partial charge on any atom is 0.121 e. The number of imidazole rings is 1. The second-order valence-corrected chi connectivity index (χ2v) is 6.09. The molecule has 1 N–H and O–H groups in total. The van der Waals surface area contributed by atoms with Crippen LogP contribution in [0.15, 0.2) is 24.3 Å². The number of benzene rings is 1. The van der Waals surface area contributed by atoms with Crippen molar-refractivity contribution >= 4 is 11.0 Å². The van der Waals surface area contributed by atoms with Crippen LogP contribution in [0.1, 0.15) is 31.5 Å². The zero-order valence-corrected chi connectivity index (χ0v) is 11.9. The Hall–Kier alpha value is -1.39. The van der Waals surface area contributed by atoms with Crippen LogP contribution in [0.2, 0.25) is 0 Å². The minimum atomic E-state index is 0.458. The Kier molecular flexibility index (Phi) is 3.00. The number of para-hydroxylation sites is 2. The summed E-state index contributed by atoms with van der Waals surface area (Å²) in [4.78, 5) is 10.8. The van der Waals surface area contributed by atoms with Gasteiger partial charge in [-0.1, -0.05) is 12.1 Å². The van der Waals surface area contributed by atoms with Gasteiger partial charge in [-0.15, -0.1) is 0 Å². The van der Waals surface area contributed by atoms with Gasteiger partial charge in [0.15, 0.2) is 0 Å². The van der Waals surface area contributed by atoms with Gasteiger partial charge in [-0.2, -0.15) is 0 Å². The third-order valence-corrected chi connectivity index (χ3v) is 4.95. The van der Waals surface area contributed by atoms with Gasteiger partial charge in [-0.25, -0.2) is 4.98 Å². The number of nitrogens with zero attached hydrogens (tertiary/aromatic N) is 2. The molecule has 2 fully saturated rings. The van der Waals surface area contributed by atoms with Gasteiger partial charge in [0.25, 0.3) is 0 Å². The summed E-state index contributed by atoms with van der Waals surface area (Å²) >= 11 is 0. The fourth-order valence-electron chi connectivity index (χ4n) is 3.93. The highest BCUT2D eigenvalue weighted by Gasteiger charge is 2.40. The van der Waals surface area contributed by atoms with Crippen molar-refractivity contribution in [3.05, 3.63) is 30.1 Å². The van der Waals surface area contributed by atoms with E-state index in [1.54, 1.807) is 0 Å². The Bertz CT molecular complexity index is 562. The largest absolute Gasteiger partial charge is 0.381 e. The van der Waals surface area contributed by atoms with E-state index < -0.39 is 0 Å². The van der Waals surface area contributed by atoms with Crippen LogP contribution in [0.5, 0.6) is 0 Å². The number of aromatic nitrogens is 2. The molecule has 20 heavy (non-hydrogen) atoms. The Balaban J connectivity index is 1.54. The third-order valence-electron chi connectivity index (χ3n) is 4.95. The smallest absolute Gasteiger partial charge is 0.121 e. The summed E-state index contributed by atoms with van der Waals surface area (Å²) in [5, 5.41) is 0. The maximum absolute atomic E-state index is 5.57. The molecule has 0 aliphatic carbocycles. The van der Waals surface area contributed by atoms with Crippen molar-refractivity contribution < 1.29 is 4.74 Å². The van der Waals surface area contributed by atoms with Crippen LogP contribution >= 0.6 is 0 Å². The molecule has 2 saturated heterocycles. The fourth-order valence-corrected chi connectivity index (χ4v) is 3.93. The number of aromatic amines is 1. The zero-order chi connectivity index (χ0) is 13.5. The number of ether oxygens (including phenoxy) is 1. The van der Waals surface area contributed by atoms with Crippen molar-refractivity contribution in [2.75, 3.05) is 7.11 Å². The normalized spacial score (nSPS) is 30.1. The molecule has 106 valence electrons. The summed E-state index contributed by atoms with van der Waals surface area (Å²) in [5.74, 6) is 1.10. The Labute approximate surface area is 119 Å². The molecule has 0 spiro atoms. The molecule has 2 bridgehead atoms. The second kappa shape index (κ2) is 4.86. The lowest BCUT2D eigenvalue weighted by molar-refractivity contribution is 0.00168. The maximum atomic E-state index is 5.57. The van der Waals surface area contributed by atoms with Crippen molar-refractivity contribution in [3.8, 4) is 0 Å². The summed E-state index contributed by atoms with van der Waals surface area (Å²) < 4.78 is 5.57. The summed E-state index contributed by atoms with van der Waals surface area (Å²) in [6.07, 6.45) is 5.43. The van der Waals surface area contributed by atoms with Gasteiger partial charge in [-0.05, 0) is 37.8 Å². The van der Waals surface area contributed by atoms with Crippen molar-refractivity contribution in [1.29, 1.82) is 0 Å². The molecule has 2 aromatic rings. The van der Waals surface area contributed by atoms with Crippen LogP contribution in [0.4, 0.5) is 0 Å². The standard InChI is InChI=1S/C16H21N3O/c1-20-13-8-11-6-7-12(9-13)19(11)10-16-17-14-4-2-3-5-15(14)18-16/h2-5,11-13H,6-10H2,1H3,(H,17,18)/t11-,12+,13?. The number of fused-ring (bicyclic) bond motifs is 3. The molecule has 1 unspecified atom stereocenters. The molecule has 4 heteroatoms. The molecule has 2 aliphatic heterocycles. The Morgan fingerprint density at radius 2 is 2.00 bits per heavy atom. The quantitative estimate of drug-likeness (QED) is 0.933. The van der Waals surface area contributed by atoms with Crippen LogP contribution in [-0.4, -0.2) is 40.2 Å². The lowest BCUT2D eigenvalue weighted by Crippen LogP contribution is -2.44. The van der Waals surface area contributed by atoms with Crippen LogP contribution < -0.4 is 0 Å². The van der Waals surface area contributed by atoms with E-state index in [-0.39, 0.29) is 0 Å². The molecule has 2 aliphatic rings. The molecule has 3 heterocycles. The van der Waals surface area contributed by atoms with E-state index in [9.17, 15) is 0 Å². The van der Waals surface area contributed by atoms with E-state index in [4.69, 9.17) is 9.72 Å². The van der Waals surface area contributed by atoms with E-state index in [2.05, 4.69) is 28.1 Å². The van der Waals surface area contributed by atoms with Gasteiger partial charge in [0.05, 0.1) is 23.7 Å². The number of methoxy groups -OCH3 is 1. The van der Waals surface area contributed by atoms with Crippen LogP contribution in [0, 0.1) is 0 Å². The number of hydrogen-bond acceptors (Lipinski definition) is 3. The fraction of sp³-hybridized carbons (Fsp3) is 0.562. The minimum absolute atomic E-state index is 0.458. The Morgan fingerprint density at radius 1 is 1.25 bits per heavy atom. The van der Waals surface area contributed by atoms with E-state index in [0.29, 0.717) is 18.2 Å². The number of H-pyrrole nitrogens is 1. The average molecular weight is 271 g/mol. The molecular formula is C16H21N3O. The summed E-state index contributed by atoms with van der Waals surface area (Å²) in [7, 11) is 1.85. The van der Waals surface area contributed by atoms with Gasteiger partial charge >= 0.3 is 0 Å². The predicted octanol–water partition coefficient (Wildman–Crippen LogP) is 2.70. The zero-order valence-electron chi connectivity index (χ0n) is 11.9. The van der Waals surface area contributed by atoms with Gasteiger partial charge in [0.2, 0.25) is 0 Å². The first-order valence-corrected chi connectivity index (χ1v) is 7.55. The highest BCUT2D eigenvalue weighted by atomic mass is 16.5. The number of rotatable bonds is 3. The van der Waals surface area contributed by atoms with E-state index >= 15 is 0 Å². The van der Waals surface area contributed by atoms with Crippen molar-refractivity contribution in [3.63, 3.8) is 0 Å². The van der Waals surface area contributed by atoms with E-state index in [1.165, 1.54) is 25.7 Å². The van der Waals surface area contributed by atoms with E-state index in [0.717, 1.165) is 23.4 Å². The van der Waals surface area contributed by atoms with Gasteiger partial charge in [-0.3, -0.25) is 4.90 Å². The number of nitrogens with one attached hydrogen (secondary N) is 1. The van der Waals surface area contributed by atoms with Gasteiger partial charge in [0.1, 0.15) is 5.82 Å². The molecule has 4 rings (SSSR count). The van der Waals surface area contributed by atoms with Gasteiger partial charge in [0, 0.05) is 19.2 Å². The summed E-state index contributed by atoms with van der Waals surface area (Å²) in [6.45, 7) is 0.945. The van der Waals surface area contributed by atoms with Crippen LogP contribution in [-0.2, 0) is 11.3 Å². The average Bonchev–Trinajstić information content (AvgIpc) is 2.96. The first kappa shape index (κ1) is 12.4. The summed E-state index contributed by atoms with van der Waals surface area (Å²) in [6, 6.07) is 9.61. The monoisotopic (exact) mass is 271 g/mol. The molecule has 1 aromatic carbocycles. The topological polar surface area (TPSA) is 41.1 Å². The number of hydrogen-bond donors (Lipinski definition) is 1. The highest BCUT2D eigenvalue weighted by molar-refractivity contribution is 5.74. The predicted molar refractivity (Wildman–Crippen MR) is 78.5 cm³/mol. The van der Waals surface area contributed by atoms with E-state index in [1.807, 2.05) is 13.2 Å².